The lowest BCUT2D eigenvalue weighted by molar-refractivity contribution is -0.131. The van der Waals surface area contributed by atoms with Crippen molar-refractivity contribution in [1.82, 2.24) is 10.6 Å². The molecule has 2 atom stereocenters. The summed E-state index contributed by atoms with van der Waals surface area (Å²) in [6, 6.07) is 8.99. The molecule has 4 nitrogen and oxygen atoms in total. The lowest BCUT2D eigenvalue weighted by atomic mass is 9.73. The molecule has 3 rings (SSSR count). The van der Waals surface area contributed by atoms with E-state index in [9.17, 15) is 4.79 Å². The number of ether oxygens (including phenoxy) is 1. The highest BCUT2D eigenvalue weighted by molar-refractivity contribution is 5.88. The number of carbonyl (C=O) groups is 1. The fourth-order valence-corrected chi connectivity index (χ4v) is 3.79. The van der Waals surface area contributed by atoms with Gasteiger partial charge in [0.05, 0.1) is 5.41 Å². The molecule has 2 saturated heterocycles. The summed E-state index contributed by atoms with van der Waals surface area (Å²) < 4.78 is 5.54. The zero-order valence-electron chi connectivity index (χ0n) is 14.6. The van der Waals surface area contributed by atoms with Crippen molar-refractivity contribution in [3.8, 4) is 0 Å². The number of carbonyl (C=O) groups excluding carboxylic acids is 1. The van der Waals surface area contributed by atoms with Crippen LogP contribution in [0.1, 0.15) is 43.7 Å². The number of nitrogens with one attached hydrogen (secondary N) is 2. The summed E-state index contributed by atoms with van der Waals surface area (Å²) in [6.07, 6.45) is 3.70. The zero-order chi connectivity index (χ0) is 16.3. The normalized spacial score (nSPS) is 26.2. The van der Waals surface area contributed by atoms with Crippen molar-refractivity contribution in [2.24, 2.45) is 0 Å². The van der Waals surface area contributed by atoms with E-state index >= 15 is 0 Å². The fourth-order valence-electron chi connectivity index (χ4n) is 3.79. The lowest BCUT2D eigenvalue weighted by Gasteiger charge is -2.39. The molecular weight excluding hydrogens is 324 g/mol. The van der Waals surface area contributed by atoms with E-state index in [-0.39, 0.29) is 24.4 Å². The van der Waals surface area contributed by atoms with E-state index in [1.165, 1.54) is 5.56 Å². The van der Waals surface area contributed by atoms with E-state index in [1.54, 1.807) is 0 Å². The van der Waals surface area contributed by atoms with E-state index < -0.39 is 5.41 Å². The fraction of sp³-hybridized carbons (Fsp3) is 0.632. The van der Waals surface area contributed by atoms with E-state index in [4.69, 9.17) is 4.74 Å². The Morgan fingerprint density at radius 3 is 2.54 bits per heavy atom. The Labute approximate surface area is 151 Å². The predicted octanol–water partition coefficient (Wildman–Crippen LogP) is 2.72. The average molecular weight is 353 g/mol. The Hall–Kier alpha value is -1.10. The van der Waals surface area contributed by atoms with Gasteiger partial charge in [0.1, 0.15) is 0 Å². The van der Waals surface area contributed by atoms with Crippen molar-refractivity contribution < 1.29 is 9.53 Å². The zero-order valence-corrected chi connectivity index (χ0v) is 15.5. The van der Waals surface area contributed by atoms with Gasteiger partial charge in [0.2, 0.25) is 5.91 Å². The lowest BCUT2D eigenvalue weighted by Crippen LogP contribution is -2.57. The number of halogens is 1. The Bertz CT molecular complexity index is 541. The molecule has 0 saturated carbocycles. The van der Waals surface area contributed by atoms with E-state index in [0.29, 0.717) is 19.3 Å². The third-order valence-corrected chi connectivity index (χ3v) is 5.46. The quantitative estimate of drug-likeness (QED) is 0.879. The molecule has 0 bridgehead atoms. The van der Waals surface area contributed by atoms with Gasteiger partial charge in [-0.1, -0.05) is 29.8 Å². The number of rotatable bonds is 3. The minimum atomic E-state index is -0.441. The van der Waals surface area contributed by atoms with E-state index in [2.05, 4.69) is 48.7 Å². The van der Waals surface area contributed by atoms with Crippen LogP contribution in [0.25, 0.3) is 0 Å². The first-order chi connectivity index (χ1) is 11.1. The Balaban J connectivity index is 0.00000208. The molecule has 2 unspecified atom stereocenters. The topological polar surface area (TPSA) is 50.4 Å². The molecule has 0 aliphatic carbocycles. The number of hydrogen-bond donors (Lipinski definition) is 2. The standard InChI is InChI=1S/C19H28N2O2.ClH/c1-14-5-7-16(8-6-14)19(9-12-23-13-10-19)18(22)21-17-4-3-11-20-15(17)2;/h5-8,15,17,20H,3-4,9-13H2,1-2H3,(H,21,22);1H. The molecule has 0 aromatic heterocycles. The summed E-state index contributed by atoms with van der Waals surface area (Å²) in [6.45, 7) is 6.59. The summed E-state index contributed by atoms with van der Waals surface area (Å²) in [7, 11) is 0. The predicted molar refractivity (Wildman–Crippen MR) is 98.8 cm³/mol. The molecule has 134 valence electrons. The smallest absolute Gasteiger partial charge is 0.231 e. The molecule has 2 aliphatic heterocycles. The van der Waals surface area contributed by atoms with E-state index in [0.717, 1.165) is 37.8 Å². The number of piperidine rings is 1. The molecular formula is C19H29ClN2O2. The van der Waals surface area contributed by atoms with Crippen molar-refractivity contribution in [3.63, 3.8) is 0 Å². The molecule has 2 N–H and O–H groups in total. The van der Waals surface area contributed by atoms with Crippen LogP contribution in [0.5, 0.6) is 0 Å². The van der Waals surface area contributed by atoms with Crippen molar-refractivity contribution in [2.45, 2.75) is 57.0 Å². The Morgan fingerprint density at radius 1 is 1.25 bits per heavy atom. The molecule has 2 heterocycles. The molecule has 5 heteroatoms. The van der Waals surface area contributed by atoms with Crippen LogP contribution >= 0.6 is 12.4 Å². The van der Waals surface area contributed by atoms with Crippen LogP contribution < -0.4 is 10.6 Å². The van der Waals surface area contributed by atoms with Gasteiger partial charge in [0, 0.05) is 25.3 Å². The second kappa shape index (κ2) is 8.32. The second-order valence-electron chi connectivity index (χ2n) is 7.03. The van der Waals surface area contributed by atoms with E-state index in [1.807, 2.05) is 0 Å². The monoisotopic (exact) mass is 352 g/mol. The third-order valence-electron chi connectivity index (χ3n) is 5.46. The first kappa shape index (κ1) is 19.2. The number of benzene rings is 1. The van der Waals surface area contributed by atoms with Gasteiger partial charge >= 0.3 is 0 Å². The van der Waals surface area contributed by atoms with Gasteiger partial charge in [0.15, 0.2) is 0 Å². The number of amides is 1. The van der Waals surface area contributed by atoms with Gasteiger partial charge in [-0.25, -0.2) is 0 Å². The largest absolute Gasteiger partial charge is 0.381 e. The summed E-state index contributed by atoms with van der Waals surface area (Å²) in [5, 5.41) is 6.80. The molecule has 0 radical (unpaired) electrons. The maximum Gasteiger partial charge on any atom is 0.231 e. The Kier molecular flexibility index (Phi) is 6.67. The van der Waals surface area contributed by atoms with Crippen molar-refractivity contribution in [3.05, 3.63) is 35.4 Å². The molecule has 1 aromatic rings. The molecule has 24 heavy (non-hydrogen) atoms. The van der Waals surface area contributed by atoms with Crippen LogP contribution in [0.3, 0.4) is 0 Å². The first-order valence-corrected chi connectivity index (χ1v) is 8.81. The van der Waals surface area contributed by atoms with Gasteiger partial charge < -0.3 is 15.4 Å². The first-order valence-electron chi connectivity index (χ1n) is 8.81. The minimum Gasteiger partial charge on any atom is -0.381 e. The molecule has 1 amide bonds. The highest BCUT2D eigenvalue weighted by Gasteiger charge is 2.42. The maximum absolute atomic E-state index is 13.2. The van der Waals surface area contributed by atoms with Crippen LogP contribution in [-0.4, -0.2) is 37.7 Å². The van der Waals surface area contributed by atoms with Gasteiger partial charge in [-0.15, -0.1) is 12.4 Å². The minimum absolute atomic E-state index is 0. The van der Waals surface area contributed by atoms with Crippen LogP contribution in [0.15, 0.2) is 24.3 Å². The highest BCUT2D eigenvalue weighted by Crippen LogP contribution is 2.35. The second-order valence-corrected chi connectivity index (χ2v) is 7.03. The molecule has 2 aliphatic rings. The maximum atomic E-state index is 13.2. The number of hydrogen-bond acceptors (Lipinski definition) is 3. The van der Waals surface area contributed by atoms with Crippen LogP contribution in [-0.2, 0) is 14.9 Å². The van der Waals surface area contributed by atoms with Gasteiger partial charge in [-0.2, -0.15) is 0 Å². The summed E-state index contributed by atoms with van der Waals surface area (Å²) in [4.78, 5) is 13.2. The summed E-state index contributed by atoms with van der Waals surface area (Å²) >= 11 is 0. The highest BCUT2D eigenvalue weighted by atomic mass is 35.5. The van der Waals surface area contributed by atoms with Crippen LogP contribution in [0.2, 0.25) is 0 Å². The van der Waals surface area contributed by atoms with Crippen molar-refractivity contribution in [2.75, 3.05) is 19.8 Å². The van der Waals surface area contributed by atoms with Crippen LogP contribution in [0.4, 0.5) is 0 Å². The summed E-state index contributed by atoms with van der Waals surface area (Å²) in [5.41, 5.74) is 1.91. The van der Waals surface area contributed by atoms with Gasteiger partial charge in [-0.05, 0) is 51.6 Å². The van der Waals surface area contributed by atoms with Gasteiger partial charge in [-0.3, -0.25) is 4.79 Å². The molecule has 1 aromatic carbocycles. The van der Waals surface area contributed by atoms with Crippen molar-refractivity contribution in [1.29, 1.82) is 0 Å². The average Bonchev–Trinajstić information content (AvgIpc) is 2.58. The third kappa shape index (κ3) is 3.93. The van der Waals surface area contributed by atoms with Crippen LogP contribution in [0, 0.1) is 6.92 Å². The SMILES string of the molecule is Cc1ccc(C2(C(=O)NC3CCCNC3C)CCOCC2)cc1.Cl. The van der Waals surface area contributed by atoms with Crippen molar-refractivity contribution >= 4 is 18.3 Å². The summed E-state index contributed by atoms with van der Waals surface area (Å²) in [5.74, 6) is 0.171. The number of aryl methyl sites for hydroxylation is 1. The van der Waals surface area contributed by atoms with Gasteiger partial charge in [0.25, 0.3) is 0 Å². The Morgan fingerprint density at radius 2 is 1.92 bits per heavy atom. The molecule has 2 fully saturated rings. The molecule has 0 spiro atoms.